The lowest BCUT2D eigenvalue weighted by Gasteiger charge is -2.36. The van der Waals surface area contributed by atoms with Crippen LogP contribution in [-0.4, -0.2) is 36.5 Å². The molecule has 1 aromatic carbocycles. The van der Waals surface area contributed by atoms with Gasteiger partial charge in [0.1, 0.15) is 5.78 Å². The number of fused-ring (bicyclic) bond motifs is 2. The van der Waals surface area contributed by atoms with Gasteiger partial charge in [0.15, 0.2) is 11.5 Å². The Morgan fingerprint density at radius 3 is 2.96 bits per heavy atom. The molecule has 0 saturated heterocycles. The number of aromatic hydroxyl groups is 2. The van der Waals surface area contributed by atoms with Gasteiger partial charge in [-0.1, -0.05) is 30.8 Å². The molecule has 0 saturated carbocycles. The second kappa shape index (κ2) is 6.11. The highest BCUT2D eigenvalue weighted by Crippen LogP contribution is 2.43. The molecule has 2 atom stereocenters. The Kier molecular flexibility index (Phi) is 3.91. The van der Waals surface area contributed by atoms with Gasteiger partial charge in [-0.3, -0.25) is 4.79 Å². The van der Waals surface area contributed by atoms with Gasteiger partial charge in [-0.2, -0.15) is 4.98 Å². The number of carbonyl (C=O) groups excluding carboxylic acids is 1. The quantitative estimate of drug-likeness (QED) is 0.573. The van der Waals surface area contributed by atoms with Crippen molar-refractivity contribution in [2.24, 2.45) is 5.92 Å². The third-order valence-corrected chi connectivity index (χ3v) is 5.22. The first-order chi connectivity index (χ1) is 12.1. The van der Waals surface area contributed by atoms with Crippen molar-refractivity contribution in [1.82, 2.24) is 14.8 Å². The zero-order valence-electron chi connectivity index (χ0n) is 13.6. The van der Waals surface area contributed by atoms with Crippen LogP contribution in [0.3, 0.4) is 0 Å². The first-order valence-electron chi connectivity index (χ1n) is 8.19. The minimum Gasteiger partial charge on any atom is -0.504 e. The van der Waals surface area contributed by atoms with E-state index in [0.717, 1.165) is 11.4 Å². The molecule has 1 aliphatic carbocycles. The fourth-order valence-electron chi connectivity index (χ4n) is 3.40. The number of Topliss-reactive ketones (excluding diaryl/α,β-unsaturated/α-hetero) is 1. The number of phenolic OH excluding ortho intramolecular Hbond substituents is 2. The maximum atomic E-state index is 12.6. The number of carbonyl (C=O) groups is 1. The molecule has 0 bridgehead atoms. The third-order valence-electron chi connectivity index (χ3n) is 4.50. The first-order valence-corrected chi connectivity index (χ1v) is 9.18. The predicted molar refractivity (Wildman–Crippen MR) is 93.8 cm³/mol. The van der Waals surface area contributed by atoms with Crippen molar-refractivity contribution in [2.75, 3.05) is 11.1 Å². The van der Waals surface area contributed by atoms with Crippen LogP contribution in [0.15, 0.2) is 35.1 Å². The minimum absolute atomic E-state index is 0.133. The second-order valence-corrected chi connectivity index (χ2v) is 7.29. The van der Waals surface area contributed by atoms with Gasteiger partial charge in [0.2, 0.25) is 11.1 Å². The van der Waals surface area contributed by atoms with Crippen LogP contribution in [0.1, 0.15) is 31.4 Å². The summed E-state index contributed by atoms with van der Waals surface area (Å²) in [6.45, 7) is 2.03. The molecule has 130 valence electrons. The molecule has 7 nitrogen and oxygen atoms in total. The average Bonchev–Trinajstić information content (AvgIpc) is 2.98. The molecule has 2 aliphatic rings. The molecule has 1 aromatic heterocycles. The molecular weight excluding hydrogens is 340 g/mol. The smallest absolute Gasteiger partial charge is 0.227 e. The third kappa shape index (κ3) is 2.66. The molecular formula is C17H18N4O3S. The van der Waals surface area contributed by atoms with E-state index in [4.69, 9.17) is 0 Å². The van der Waals surface area contributed by atoms with E-state index < -0.39 is 12.0 Å². The minimum atomic E-state index is -0.402. The summed E-state index contributed by atoms with van der Waals surface area (Å²) in [6.07, 6.45) is 3.22. The molecule has 4 rings (SSSR count). The number of nitrogens with one attached hydrogen (secondary N) is 1. The van der Waals surface area contributed by atoms with Gasteiger partial charge >= 0.3 is 0 Å². The highest BCUT2D eigenvalue weighted by molar-refractivity contribution is 7.99. The number of allylic oxidation sites excluding steroid dienone is 2. The van der Waals surface area contributed by atoms with Crippen LogP contribution in [-0.2, 0) is 4.79 Å². The van der Waals surface area contributed by atoms with E-state index in [1.165, 1.54) is 23.9 Å². The molecule has 2 aromatic rings. The Bertz CT molecular complexity index is 877. The summed E-state index contributed by atoms with van der Waals surface area (Å²) in [6, 6.07) is 4.23. The number of nitrogens with zero attached hydrogens (tertiary/aromatic N) is 3. The summed E-state index contributed by atoms with van der Waals surface area (Å²) in [4.78, 5) is 17.2. The number of ketones is 1. The van der Waals surface area contributed by atoms with Crippen molar-refractivity contribution in [1.29, 1.82) is 0 Å². The maximum absolute atomic E-state index is 12.6. The summed E-state index contributed by atoms with van der Waals surface area (Å²) in [5.74, 6) is 0.767. The van der Waals surface area contributed by atoms with Gasteiger partial charge in [0, 0.05) is 12.1 Å². The Morgan fingerprint density at radius 2 is 2.20 bits per heavy atom. The van der Waals surface area contributed by atoms with Gasteiger partial charge in [0.05, 0.1) is 12.0 Å². The number of benzene rings is 1. The molecule has 3 N–H and O–H groups in total. The predicted octanol–water partition coefficient (Wildman–Crippen LogP) is 2.68. The van der Waals surface area contributed by atoms with Crippen LogP contribution in [0, 0.1) is 5.92 Å². The summed E-state index contributed by atoms with van der Waals surface area (Å²) < 4.78 is 1.72. The highest BCUT2D eigenvalue weighted by atomic mass is 32.2. The lowest BCUT2D eigenvalue weighted by atomic mass is 9.81. The van der Waals surface area contributed by atoms with Crippen molar-refractivity contribution in [3.8, 4) is 11.5 Å². The number of rotatable bonds is 3. The number of thioether (sulfide) groups is 1. The van der Waals surface area contributed by atoms with Gasteiger partial charge in [0.25, 0.3) is 0 Å². The normalized spacial score (nSPS) is 22.0. The van der Waals surface area contributed by atoms with Crippen LogP contribution in [0.25, 0.3) is 0 Å². The topological polar surface area (TPSA) is 100 Å². The summed E-state index contributed by atoms with van der Waals surface area (Å²) in [7, 11) is 0. The largest absolute Gasteiger partial charge is 0.504 e. The number of aromatic nitrogens is 3. The van der Waals surface area contributed by atoms with Crippen LogP contribution in [0.4, 0.5) is 5.95 Å². The molecule has 0 amide bonds. The fourth-order valence-corrected chi connectivity index (χ4v) is 3.96. The zero-order chi connectivity index (χ0) is 17.6. The molecule has 25 heavy (non-hydrogen) atoms. The van der Waals surface area contributed by atoms with Crippen molar-refractivity contribution in [3.63, 3.8) is 0 Å². The number of hydrogen-bond acceptors (Lipinski definition) is 7. The number of hydrogen-bond donors (Lipinski definition) is 3. The highest BCUT2D eigenvalue weighted by Gasteiger charge is 2.41. The molecule has 2 heterocycles. The van der Waals surface area contributed by atoms with Crippen molar-refractivity contribution < 1.29 is 15.0 Å². The molecule has 0 fully saturated rings. The Morgan fingerprint density at radius 1 is 1.36 bits per heavy atom. The van der Waals surface area contributed by atoms with Crippen LogP contribution in [0.5, 0.6) is 11.5 Å². The second-order valence-electron chi connectivity index (χ2n) is 6.06. The summed E-state index contributed by atoms with van der Waals surface area (Å²) in [5, 5.41) is 28.0. The van der Waals surface area contributed by atoms with E-state index in [2.05, 4.69) is 15.4 Å². The lowest BCUT2D eigenvalue weighted by Crippen LogP contribution is -2.38. The van der Waals surface area contributed by atoms with Gasteiger partial charge in [-0.25, -0.2) is 4.68 Å². The molecule has 0 radical (unpaired) electrons. The summed E-state index contributed by atoms with van der Waals surface area (Å²) >= 11 is 1.53. The van der Waals surface area contributed by atoms with E-state index in [-0.39, 0.29) is 17.3 Å². The molecule has 8 heteroatoms. The van der Waals surface area contributed by atoms with Gasteiger partial charge in [-0.15, -0.1) is 5.10 Å². The zero-order valence-corrected chi connectivity index (χ0v) is 14.5. The monoisotopic (exact) mass is 358 g/mol. The maximum Gasteiger partial charge on any atom is 0.227 e. The lowest BCUT2D eigenvalue weighted by molar-refractivity contribution is -0.123. The number of phenols is 2. The van der Waals surface area contributed by atoms with Crippen LogP contribution in [0.2, 0.25) is 0 Å². The van der Waals surface area contributed by atoms with E-state index in [1.54, 1.807) is 10.7 Å². The van der Waals surface area contributed by atoms with E-state index >= 15 is 0 Å². The Labute approximate surface area is 148 Å². The molecule has 0 spiro atoms. The average molecular weight is 358 g/mol. The standard InChI is InChI=1S/C17H18N4O3S/c1-2-25-17-19-16-18-10-4-3-5-12(23)14(10)15(21(16)20-17)9-6-7-11(22)13(24)8-9/h4,6-8,14-15,22,24H,2-3,5H2,1H3,(H,18,19,20)/t14-,15-/m1/s1. The van der Waals surface area contributed by atoms with Crippen LogP contribution >= 0.6 is 11.8 Å². The van der Waals surface area contributed by atoms with Crippen molar-refractivity contribution >= 4 is 23.5 Å². The van der Waals surface area contributed by atoms with Crippen molar-refractivity contribution in [3.05, 3.63) is 35.5 Å². The molecule has 0 unspecified atom stereocenters. The van der Waals surface area contributed by atoms with E-state index in [9.17, 15) is 15.0 Å². The Balaban J connectivity index is 1.88. The van der Waals surface area contributed by atoms with Crippen LogP contribution < -0.4 is 5.32 Å². The molecule has 1 aliphatic heterocycles. The number of anilines is 1. The van der Waals surface area contributed by atoms with Gasteiger partial charge in [-0.05, 0) is 29.9 Å². The van der Waals surface area contributed by atoms with E-state index in [0.29, 0.717) is 29.5 Å². The first kappa shape index (κ1) is 16.0. The van der Waals surface area contributed by atoms with Crippen molar-refractivity contribution in [2.45, 2.75) is 31.0 Å². The fraction of sp³-hybridized carbons (Fsp3) is 0.353. The van der Waals surface area contributed by atoms with Gasteiger partial charge < -0.3 is 15.5 Å². The summed E-state index contributed by atoms with van der Waals surface area (Å²) in [5.41, 5.74) is 1.55. The van der Waals surface area contributed by atoms with E-state index in [1.807, 2.05) is 13.0 Å². The Hall–Kier alpha value is -2.48. The SMILES string of the molecule is CCSc1nc2n(n1)[C@H](c1ccc(O)c(O)c1)[C@H]1C(=O)CCC=C1N2.